The van der Waals surface area contributed by atoms with Gasteiger partial charge in [-0.15, -0.1) is 0 Å². The maximum absolute atomic E-state index is 4.54. The molecule has 0 fully saturated rings. The third kappa shape index (κ3) is 4.45. The summed E-state index contributed by atoms with van der Waals surface area (Å²) < 4.78 is 0. The predicted molar refractivity (Wildman–Crippen MR) is 94.0 cm³/mol. The van der Waals surface area contributed by atoms with Gasteiger partial charge in [-0.3, -0.25) is 0 Å². The third-order valence-corrected chi connectivity index (χ3v) is 3.69. The molecule has 2 rings (SSSR count). The second-order valence-corrected chi connectivity index (χ2v) is 6.07. The van der Waals surface area contributed by atoms with Crippen LogP contribution in [0.3, 0.4) is 0 Å². The van der Waals surface area contributed by atoms with Gasteiger partial charge in [-0.05, 0) is 43.9 Å². The van der Waals surface area contributed by atoms with Crippen molar-refractivity contribution in [1.82, 2.24) is 9.97 Å². The summed E-state index contributed by atoms with van der Waals surface area (Å²) in [6.07, 6.45) is 1.06. The molecule has 0 aliphatic rings. The van der Waals surface area contributed by atoms with Crippen molar-refractivity contribution in [2.24, 2.45) is 0 Å². The highest BCUT2D eigenvalue weighted by Gasteiger charge is 2.06. The molecule has 118 valence electrons. The van der Waals surface area contributed by atoms with E-state index in [4.69, 9.17) is 0 Å². The van der Waals surface area contributed by atoms with Gasteiger partial charge in [-0.1, -0.05) is 32.9 Å². The fourth-order valence-corrected chi connectivity index (χ4v) is 2.13. The molecule has 22 heavy (non-hydrogen) atoms. The second kappa shape index (κ2) is 7.25. The zero-order valence-corrected chi connectivity index (χ0v) is 14.1. The second-order valence-electron chi connectivity index (χ2n) is 6.07. The first-order valence-electron chi connectivity index (χ1n) is 7.97. The minimum atomic E-state index is 0.396. The molecule has 0 amide bonds. The average Bonchev–Trinajstić information content (AvgIpc) is 2.47. The molecule has 2 N–H and O–H groups in total. The van der Waals surface area contributed by atoms with Gasteiger partial charge in [0.2, 0.25) is 5.95 Å². The van der Waals surface area contributed by atoms with Crippen LogP contribution in [0.15, 0.2) is 30.3 Å². The molecule has 1 unspecified atom stereocenters. The monoisotopic (exact) mass is 298 g/mol. The molecule has 0 aliphatic heterocycles. The van der Waals surface area contributed by atoms with Gasteiger partial charge in [-0.25, -0.2) is 4.98 Å². The van der Waals surface area contributed by atoms with Crippen LogP contribution in [-0.2, 0) is 0 Å². The van der Waals surface area contributed by atoms with E-state index in [1.165, 1.54) is 5.56 Å². The Kier molecular flexibility index (Phi) is 5.36. The van der Waals surface area contributed by atoms with Crippen LogP contribution in [0.25, 0.3) is 0 Å². The smallest absolute Gasteiger partial charge is 0.229 e. The van der Waals surface area contributed by atoms with Gasteiger partial charge >= 0.3 is 0 Å². The summed E-state index contributed by atoms with van der Waals surface area (Å²) in [5.74, 6) is 2.03. The maximum atomic E-state index is 4.54. The molecule has 4 nitrogen and oxygen atoms in total. The maximum Gasteiger partial charge on any atom is 0.229 e. The first-order chi connectivity index (χ1) is 10.5. The highest BCUT2D eigenvalue weighted by molar-refractivity contribution is 5.56. The predicted octanol–water partition coefficient (Wildman–Crippen LogP) is 4.86. The van der Waals surface area contributed by atoms with Crippen LogP contribution in [0.5, 0.6) is 0 Å². The molecule has 1 heterocycles. The SMILES string of the molecule is CCC(C)Nc1cc(C)nc(Nc2ccc(C(C)C)cc2)n1. The van der Waals surface area contributed by atoms with E-state index in [0.717, 1.165) is 23.6 Å². The van der Waals surface area contributed by atoms with Gasteiger partial charge < -0.3 is 10.6 Å². The van der Waals surface area contributed by atoms with E-state index in [1.807, 2.05) is 13.0 Å². The first-order valence-corrected chi connectivity index (χ1v) is 7.97. The van der Waals surface area contributed by atoms with Crippen molar-refractivity contribution < 1.29 is 0 Å². The van der Waals surface area contributed by atoms with Gasteiger partial charge in [-0.2, -0.15) is 4.98 Å². The number of nitrogens with zero attached hydrogens (tertiary/aromatic N) is 2. The summed E-state index contributed by atoms with van der Waals surface area (Å²) in [6.45, 7) is 10.7. The van der Waals surface area contributed by atoms with Gasteiger partial charge in [0.05, 0.1) is 0 Å². The molecular formula is C18H26N4. The molecule has 0 saturated carbocycles. The van der Waals surface area contributed by atoms with Crippen LogP contribution in [-0.4, -0.2) is 16.0 Å². The molecular weight excluding hydrogens is 272 g/mol. The molecule has 0 bridgehead atoms. The summed E-state index contributed by atoms with van der Waals surface area (Å²) in [7, 11) is 0. The van der Waals surface area contributed by atoms with Gasteiger partial charge in [0.25, 0.3) is 0 Å². The van der Waals surface area contributed by atoms with E-state index >= 15 is 0 Å². The summed E-state index contributed by atoms with van der Waals surface area (Å²) in [6, 6.07) is 10.8. The number of anilines is 3. The lowest BCUT2D eigenvalue weighted by molar-refractivity contribution is 0.758. The molecule has 2 aromatic rings. The normalized spacial score (nSPS) is 12.3. The number of hydrogen-bond donors (Lipinski definition) is 2. The van der Waals surface area contributed by atoms with Crippen LogP contribution in [0.1, 0.15) is 51.3 Å². The van der Waals surface area contributed by atoms with Crippen molar-refractivity contribution in [3.63, 3.8) is 0 Å². The first kappa shape index (κ1) is 16.3. The minimum Gasteiger partial charge on any atom is -0.367 e. The molecule has 0 saturated heterocycles. The molecule has 1 aromatic heterocycles. The average molecular weight is 298 g/mol. The van der Waals surface area contributed by atoms with Crippen LogP contribution in [0, 0.1) is 6.92 Å². The highest BCUT2D eigenvalue weighted by atomic mass is 15.1. The fraction of sp³-hybridized carbons (Fsp3) is 0.444. The van der Waals surface area contributed by atoms with Crippen LogP contribution < -0.4 is 10.6 Å². The number of rotatable bonds is 6. The van der Waals surface area contributed by atoms with E-state index in [2.05, 4.69) is 72.6 Å². The van der Waals surface area contributed by atoms with Crippen molar-refractivity contribution in [2.75, 3.05) is 10.6 Å². The standard InChI is InChI=1S/C18H26N4/c1-6-13(4)19-17-11-14(5)20-18(22-17)21-16-9-7-15(8-10-16)12(2)3/h7-13H,6H2,1-5H3,(H2,19,20,21,22). The molecule has 0 radical (unpaired) electrons. The van der Waals surface area contributed by atoms with E-state index < -0.39 is 0 Å². The third-order valence-electron chi connectivity index (χ3n) is 3.69. The number of benzene rings is 1. The van der Waals surface area contributed by atoms with Gasteiger partial charge in [0.15, 0.2) is 0 Å². The van der Waals surface area contributed by atoms with Crippen LogP contribution >= 0.6 is 0 Å². The number of nitrogens with one attached hydrogen (secondary N) is 2. The van der Waals surface area contributed by atoms with Crippen LogP contribution in [0.4, 0.5) is 17.5 Å². The lowest BCUT2D eigenvalue weighted by Crippen LogP contribution is -2.15. The lowest BCUT2D eigenvalue weighted by Gasteiger charge is -2.14. The van der Waals surface area contributed by atoms with Crippen molar-refractivity contribution in [3.05, 3.63) is 41.6 Å². The molecule has 4 heteroatoms. The molecule has 0 spiro atoms. The minimum absolute atomic E-state index is 0.396. The van der Waals surface area contributed by atoms with E-state index in [-0.39, 0.29) is 0 Å². The Hall–Kier alpha value is -2.10. The fourth-order valence-electron chi connectivity index (χ4n) is 2.13. The summed E-state index contributed by atoms with van der Waals surface area (Å²) in [4.78, 5) is 9.00. The van der Waals surface area contributed by atoms with Crippen molar-refractivity contribution >= 4 is 17.5 Å². The topological polar surface area (TPSA) is 49.8 Å². The molecule has 1 aromatic carbocycles. The summed E-state index contributed by atoms with van der Waals surface area (Å²) in [5.41, 5.74) is 3.28. The molecule has 0 aliphatic carbocycles. The summed E-state index contributed by atoms with van der Waals surface area (Å²) >= 11 is 0. The van der Waals surface area contributed by atoms with E-state index in [1.54, 1.807) is 0 Å². The Morgan fingerprint density at radius 3 is 2.32 bits per heavy atom. The Morgan fingerprint density at radius 1 is 1.05 bits per heavy atom. The quantitative estimate of drug-likeness (QED) is 0.799. The summed E-state index contributed by atoms with van der Waals surface area (Å²) in [5, 5.41) is 6.67. The zero-order valence-electron chi connectivity index (χ0n) is 14.1. The number of aryl methyl sites for hydroxylation is 1. The van der Waals surface area contributed by atoms with E-state index in [0.29, 0.717) is 17.9 Å². The van der Waals surface area contributed by atoms with Crippen molar-refractivity contribution in [1.29, 1.82) is 0 Å². The number of aromatic nitrogens is 2. The Bertz CT molecular complexity index is 605. The Morgan fingerprint density at radius 2 is 1.73 bits per heavy atom. The largest absolute Gasteiger partial charge is 0.367 e. The highest BCUT2D eigenvalue weighted by Crippen LogP contribution is 2.20. The van der Waals surface area contributed by atoms with Gasteiger partial charge in [0.1, 0.15) is 5.82 Å². The van der Waals surface area contributed by atoms with E-state index in [9.17, 15) is 0 Å². The Labute approximate surface area is 133 Å². The number of hydrogen-bond acceptors (Lipinski definition) is 4. The van der Waals surface area contributed by atoms with Crippen LogP contribution in [0.2, 0.25) is 0 Å². The van der Waals surface area contributed by atoms with Gasteiger partial charge in [0, 0.05) is 23.5 Å². The van der Waals surface area contributed by atoms with Crippen molar-refractivity contribution in [2.45, 2.75) is 53.0 Å². The zero-order chi connectivity index (χ0) is 16.1. The molecule has 1 atom stereocenters. The van der Waals surface area contributed by atoms with Crippen molar-refractivity contribution in [3.8, 4) is 0 Å². The lowest BCUT2D eigenvalue weighted by atomic mass is 10.0. The Balaban J connectivity index is 2.14.